The van der Waals surface area contributed by atoms with Crippen LogP contribution in [0.4, 0.5) is 0 Å². The summed E-state index contributed by atoms with van der Waals surface area (Å²) in [4.78, 5) is 0. The van der Waals surface area contributed by atoms with Crippen molar-refractivity contribution in [2.45, 2.75) is 32.2 Å². The highest BCUT2D eigenvalue weighted by Crippen LogP contribution is 2.20. The standard InChI is InChI=1S/C14H19NOS/c1-2-8-15-13(14-4-3-9-16-14)6-5-12-7-10-17-11-12/h3-4,7,9-11,13,15H,2,5-6,8H2,1H3. The fraction of sp³-hybridized carbons (Fsp3) is 0.429. The first-order valence-electron chi connectivity index (χ1n) is 6.18. The summed E-state index contributed by atoms with van der Waals surface area (Å²) < 4.78 is 5.50. The van der Waals surface area contributed by atoms with Crippen molar-refractivity contribution in [1.82, 2.24) is 5.32 Å². The topological polar surface area (TPSA) is 25.2 Å². The van der Waals surface area contributed by atoms with Crippen molar-refractivity contribution in [2.75, 3.05) is 6.54 Å². The van der Waals surface area contributed by atoms with E-state index < -0.39 is 0 Å². The molecule has 0 saturated carbocycles. The van der Waals surface area contributed by atoms with E-state index in [0.717, 1.165) is 31.6 Å². The van der Waals surface area contributed by atoms with Crippen LogP contribution in [-0.4, -0.2) is 6.54 Å². The third-order valence-corrected chi connectivity index (χ3v) is 3.56. The molecule has 0 aliphatic rings. The van der Waals surface area contributed by atoms with Crippen LogP contribution < -0.4 is 5.32 Å². The Kier molecular flexibility index (Phi) is 4.83. The molecule has 0 saturated heterocycles. The van der Waals surface area contributed by atoms with Gasteiger partial charge >= 0.3 is 0 Å². The maximum Gasteiger partial charge on any atom is 0.120 e. The monoisotopic (exact) mass is 249 g/mol. The van der Waals surface area contributed by atoms with Crippen LogP contribution in [0, 0.1) is 0 Å². The van der Waals surface area contributed by atoms with E-state index in [9.17, 15) is 0 Å². The number of aryl methyl sites for hydroxylation is 1. The summed E-state index contributed by atoms with van der Waals surface area (Å²) in [5.41, 5.74) is 1.42. The number of hydrogen-bond acceptors (Lipinski definition) is 3. The van der Waals surface area contributed by atoms with E-state index in [2.05, 4.69) is 35.1 Å². The molecule has 0 amide bonds. The van der Waals surface area contributed by atoms with E-state index in [1.54, 1.807) is 17.6 Å². The molecule has 92 valence electrons. The van der Waals surface area contributed by atoms with Crippen LogP contribution in [0.5, 0.6) is 0 Å². The van der Waals surface area contributed by atoms with Crippen molar-refractivity contribution in [3.8, 4) is 0 Å². The summed E-state index contributed by atoms with van der Waals surface area (Å²) in [6, 6.07) is 6.55. The Morgan fingerprint density at radius 3 is 3.00 bits per heavy atom. The minimum Gasteiger partial charge on any atom is -0.468 e. The van der Waals surface area contributed by atoms with Crippen LogP contribution in [0.15, 0.2) is 39.6 Å². The van der Waals surface area contributed by atoms with E-state index in [0.29, 0.717) is 6.04 Å². The molecule has 1 unspecified atom stereocenters. The molecular formula is C14H19NOS. The van der Waals surface area contributed by atoms with E-state index in [-0.39, 0.29) is 0 Å². The first-order chi connectivity index (χ1) is 8.40. The molecule has 1 N–H and O–H groups in total. The maximum atomic E-state index is 5.50. The van der Waals surface area contributed by atoms with Crippen LogP contribution in [0.25, 0.3) is 0 Å². The Labute approximate surface area is 107 Å². The molecule has 1 atom stereocenters. The molecule has 0 fully saturated rings. The fourth-order valence-corrected chi connectivity index (χ4v) is 2.60. The zero-order chi connectivity index (χ0) is 11.9. The molecule has 0 spiro atoms. The number of nitrogens with one attached hydrogen (secondary N) is 1. The van der Waals surface area contributed by atoms with Gasteiger partial charge in [-0.15, -0.1) is 0 Å². The van der Waals surface area contributed by atoms with Crippen LogP contribution in [0.1, 0.15) is 37.1 Å². The SMILES string of the molecule is CCCNC(CCc1ccsc1)c1ccco1. The molecule has 2 aromatic rings. The quantitative estimate of drug-likeness (QED) is 0.802. The zero-order valence-corrected chi connectivity index (χ0v) is 11.0. The molecule has 0 aromatic carbocycles. The van der Waals surface area contributed by atoms with Gasteiger partial charge in [-0.2, -0.15) is 11.3 Å². The minimum absolute atomic E-state index is 0.338. The second kappa shape index (κ2) is 6.62. The number of hydrogen-bond donors (Lipinski definition) is 1. The average Bonchev–Trinajstić information content (AvgIpc) is 3.01. The summed E-state index contributed by atoms with van der Waals surface area (Å²) in [6.07, 6.45) is 5.09. The van der Waals surface area contributed by atoms with Gasteiger partial charge in [-0.3, -0.25) is 0 Å². The molecule has 0 bridgehead atoms. The summed E-state index contributed by atoms with van der Waals surface area (Å²) in [7, 11) is 0. The minimum atomic E-state index is 0.338. The Hall–Kier alpha value is -1.06. The molecule has 2 aromatic heterocycles. The molecule has 3 heteroatoms. The first kappa shape index (κ1) is 12.4. The molecule has 2 rings (SSSR count). The lowest BCUT2D eigenvalue weighted by Gasteiger charge is -2.15. The highest BCUT2D eigenvalue weighted by Gasteiger charge is 2.13. The van der Waals surface area contributed by atoms with Gasteiger partial charge in [-0.25, -0.2) is 0 Å². The van der Waals surface area contributed by atoms with Crippen molar-refractivity contribution in [2.24, 2.45) is 0 Å². The molecular weight excluding hydrogens is 230 g/mol. The largest absolute Gasteiger partial charge is 0.468 e. The van der Waals surface area contributed by atoms with Gasteiger partial charge in [0.05, 0.1) is 12.3 Å². The van der Waals surface area contributed by atoms with Crippen LogP contribution in [-0.2, 0) is 6.42 Å². The normalized spacial score (nSPS) is 12.8. The van der Waals surface area contributed by atoms with Gasteiger partial charge in [0, 0.05) is 0 Å². The Morgan fingerprint density at radius 2 is 2.35 bits per heavy atom. The maximum absolute atomic E-state index is 5.50. The van der Waals surface area contributed by atoms with Crippen molar-refractivity contribution < 1.29 is 4.42 Å². The van der Waals surface area contributed by atoms with Gasteiger partial charge in [-0.1, -0.05) is 6.92 Å². The van der Waals surface area contributed by atoms with Gasteiger partial charge in [0.15, 0.2) is 0 Å². The third kappa shape index (κ3) is 3.72. The summed E-state index contributed by atoms with van der Waals surface area (Å²) in [5.74, 6) is 1.05. The van der Waals surface area contributed by atoms with Crippen LogP contribution >= 0.6 is 11.3 Å². The molecule has 0 aliphatic carbocycles. The number of thiophene rings is 1. The second-order valence-electron chi connectivity index (χ2n) is 4.19. The van der Waals surface area contributed by atoms with Crippen LogP contribution in [0.3, 0.4) is 0 Å². The molecule has 2 heterocycles. The lowest BCUT2D eigenvalue weighted by atomic mass is 10.1. The summed E-state index contributed by atoms with van der Waals surface area (Å²) in [5, 5.41) is 7.90. The summed E-state index contributed by atoms with van der Waals surface area (Å²) >= 11 is 1.76. The van der Waals surface area contributed by atoms with E-state index in [1.807, 2.05) is 6.07 Å². The Morgan fingerprint density at radius 1 is 1.41 bits per heavy atom. The molecule has 0 aliphatic heterocycles. The van der Waals surface area contributed by atoms with E-state index >= 15 is 0 Å². The second-order valence-corrected chi connectivity index (χ2v) is 4.97. The predicted molar refractivity (Wildman–Crippen MR) is 72.4 cm³/mol. The fourth-order valence-electron chi connectivity index (χ4n) is 1.90. The van der Waals surface area contributed by atoms with Gasteiger partial charge in [0.25, 0.3) is 0 Å². The van der Waals surface area contributed by atoms with Crippen molar-refractivity contribution in [1.29, 1.82) is 0 Å². The smallest absolute Gasteiger partial charge is 0.120 e. The van der Waals surface area contributed by atoms with E-state index in [4.69, 9.17) is 4.42 Å². The number of furan rings is 1. The van der Waals surface area contributed by atoms with Gasteiger partial charge in [0.1, 0.15) is 5.76 Å². The lowest BCUT2D eigenvalue weighted by Crippen LogP contribution is -2.22. The zero-order valence-electron chi connectivity index (χ0n) is 10.2. The Bertz CT molecular complexity index is 394. The summed E-state index contributed by atoms with van der Waals surface area (Å²) in [6.45, 7) is 3.22. The molecule has 2 nitrogen and oxygen atoms in total. The van der Waals surface area contributed by atoms with Gasteiger partial charge < -0.3 is 9.73 Å². The predicted octanol–water partition coefficient (Wildman–Crippen LogP) is 4.01. The van der Waals surface area contributed by atoms with E-state index in [1.165, 1.54) is 5.56 Å². The lowest BCUT2D eigenvalue weighted by molar-refractivity contribution is 0.396. The highest BCUT2D eigenvalue weighted by atomic mass is 32.1. The first-order valence-corrected chi connectivity index (χ1v) is 7.12. The van der Waals surface area contributed by atoms with Crippen molar-refractivity contribution in [3.63, 3.8) is 0 Å². The molecule has 17 heavy (non-hydrogen) atoms. The van der Waals surface area contributed by atoms with Crippen molar-refractivity contribution in [3.05, 3.63) is 46.5 Å². The third-order valence-electron chi connectivity index (χ3n) is 2.83. The molecule has 0 radical (unpaired) electrons. The number of rotatable bonds is 7. The average molecular weight is 249 g/mol. The highest BCUT2D eigenvalue weighted by molar-refractivity contribution is 7.07. The van der Waals surface area contributed by atoms with Crippen LogP contribution in [0.2, 0.25) is 0 Å². The van der Waals surface area contributed by atoms with Gasteiger partial charge in [0.2, 0.25) is 0 Å². The van der Waals surface area contributed by atoms with Crippen molar-refractivity contribution >= 4 is 11.3 Å². The van der Waals surface area contributed by atoms with Gasteiger partial charge in [-0.05, 0) is 60.3 Å². The Balaban J connectivity index is 1.91.